The fraction of sp³-hybridized carbons (Fsp3) is 1.00. The number of unbranched alkanes of at least 4 members (excludes halogenated alkanes) is 9. The van der Waals surface area contributed by atoms with Crippen LogP contribution in [0.3, 0.4) is 0 Å². The molecule has 3 atom stereocenters. The van der Waals surface area contributed by atoms with E-state index in [9.17, 15) is 23.4 Å². The van der Waals surface area contributed by atoms with Crippen LogP contribution >= 0.6 is 0 Å². The monoisotopic (exact) mass is 676 g/mol. The van der Waals surface area contributed by atoms with E-state index in [2.05, 4.69) is 26.2 Å². The van der Waals surface area contributed by atoms with Gasteiger partial charge in [0.25, 0.3) is 0 Å². The minimum absolute atomic E-state index is 0.0303. The van der Waals surface area contributed by atoms with Crippen molar-refractivity contribution in [2.75, 3.05) is 0 Å². The summed E-state index contributed by atoms with van der Waals surface area (Å²) in [5.74, 6) is 0. The number of halogens is 3. The van der Waals surface area contributed by atoms with Crippen LogP contribution in [0.4, 0.5) is 13.2 Å². The Hall–Kier alpha value is 0.458. The van der Waals surface area contributed by atoms with Crippen LogP contribution in [-0.2, 0) is 12.3 Å². The lowest BCUT2D eigenvalue weighted by molar-refractivity contribution is -0.134. The number of aliphatic hydroxyl groups excluding tert-OH is 2. The maximum atomic E-state index is 13.0. The first kappa shape index (κ1) is 42.5. The van der Waals surface area contributed by atoms with E-state index in [1.165, 1.54) is 19.3 Å². The number of hydrogen-bond donors (Lipinski definition) is 2. The van der Waals surface area contributed by atoms with Crippen LogP contribution in [0.25, 0.3) is 0 Å². The van der Waals surface area contributed by atoms with E-state index in [4.69, 9.17) is 12.3 Å². The lowest BCUT2D eigenvalue weighted by Gasteiger charge is -2.43. The molecule has 0 fully saturated rings. The van der Waals surface area contributed by atoms with Gasteiger partial charge in [-0.2, -0.15) is 13.2 Å². The van der Waals surface area contributed by atoms with Crippen molar-refractivity contribution in [2.45, 2.75) is 193 Å². The zero-order valence-electron chi connectivity index (χ0n) is 28.6. The van der Waals surface area contributed by atoms with Gasteiger partial charge in [-0.15, -0.1) is 0 Å². The Morgan fingerprint density at radius 3 is 1.31 bits per heavy atom. The highest BCUT2D eigenvalue weighted by Crippen LogP contribution is 2.33. The largest absolute Gasteiger partial charge is 0.436 e. The molecule has 0 rings (SSSR count). The average molecular weight is 677 g/mol. The topological polar surface area (TPSA) is 68.2 Å². The fourth-order valence-corrected chi connectivity index (χ4v) is 25.7. The normalized spacial score (nSPS) is 16.4. The summed E-state index contributed by atoms with van der Waals surface area (Å²) in [6, 6.07) is 2.35. The number of hydrogen-bond acceptors (Lipinski definition) is 5. The molecule has 0 saturated carbocycles. The Bertz CT molecular complexity index is 694. The second-order valence-electron chi connectivity index (χ2n) is 14.5. The number of rotatable bonds is 26. The van der Waals surface area contributed by atoms with E-state index in [1.54, 1.807) is 0 Å². The first-order chi connectivity index (χ1) is 19.2. The van der Waals surface area contributed by atoms with E-state index in [0.29, 0.717) is 6.04 Å². The molecule has 3 unspecified atom stereocenters. The molecule has 0 aromatic heterocycles. The van der Waals surface area contributed by atoms with Crippen LogP contribution in [0.5, 0.6) is 0 Å². The quantitative estimate of drug-likeness (QED) is 0.0705. The van der Waals surface area contributed by atoms with Crippen molar-refractivity contribution in [3.8, 4) is 0 Å². The summed E-state index contributed by atoms with van der Waals surface area (Å²) < 4.78 is 59.5. The van der Waals surface area contributed by atoms with Gasteiger partial charge in [0.2, 0.25) is 0 Å². The minimum atomic E-state index is -4.17. The lowest BCUT2D eigenvalue weighted by Crippen LogP contribution is -2.57. The third-order valence-corrected chi connectivity index (χ3v) is 23.8. The highest BCUT2D eigenvalue weighted by Gasteiger charge is 2.46. The number of aliphatic hydroxyl groups is 2. The Labute approximate surface area is 261 Å². The van der Waals surface area contributed by atoms with Crippen molar-refractivity contribution in [3.63, 3.8) is 0 Å². The van der Waals surface area contributed by atoms with Gasteiger partial charge in [-0.05, 0) is 97.1 Å². The van der Waals surface area contributed by atoms with Crippen LogP contribution in [0.2, 0.25) is 64.0 Å². The second-order valence-corrected chi connectivity index (χ2v) is 30.5. The van der Waals surface area contributed by atoms with Crippen molar-refractivity contribution in [1.82, 2.24) is 0 Å². The molecule has 0 radical (unpaired) electrons. The van der Waals surface area contributed by atoms with Gasteiger partial charge < -0.3 is 22.6 Å². The second kappa shape index (κ2) is 20.6. The zero-order chi connectivity index (χ0) is 32.5. The molecule has 0 aliphatic heterocycles. The first-order valence-corrected chi connectivity index (χ1v) is 28.3. The van der Waals surface area contributed by atoms with Crippen LogP contribution < -0.4 is 0 Å². The predicted octanol–water partition coefficient (Wildman–Crippen LogP) is 10.4. The summed E-state index contributed by atoms with van der Waals surface area (Å²) in [7, 11) is -9.69. The van der Waals surface area contributed by atoms with Crippen molar-refractivity contribution in [1.29, 1.82) is 0 Å². The molecule has 12 heteroatoms. The van der Waals surface area contributed by atoms with Crippen molar-refractivity contribution < 1.29 is 35.7 Å². The summed E-state index contributed by atoms with van der Waals surface area (Å²) in [5, 5.41) is 18.8. The molecule has 0 heterocycles. The van der Waals surface area contributed by atoms with Gasteiger partial charge in [-0.25, -0.2) is 0 Å². The Kier molecular flexibility index (Phi) is 20.8. The first-order valence-electron chi connectivity index (χ1n) is 16.7. The van der Waals surface area contributed by atoms with Gasteiger partial charge in [-0.1, -0.05) is 70.6 Å². The molecule has 0 aliphatic rings. The smallest absolute Gasteiger partial charge is 0.389 e. The molecule has 0 aliphatic carbocycles. The molecule has 0 aromatic carbocycles. The van der Waals surface area contributed by atoms with Crippen LogP contribution in [0, 0.1) is 0 Å². The SMILES string of the molecule is CC(O)CCCCCCCC[Si](C)(C)O[Si](C)(C)O[Si](C)(CCCC(F)(F)F)O[Si](C)(C)CCCCCCCC(C)O. The van der Waals surface area contributed by atoms with E-state index in [0.717, 1.165) is 76.3 Å². The average Bonchev–Trinajstić information content (AvgIpc) is 2.76. The summed E-state index contributed by atoms with van der Waals surface area (Å²) in [5.41, 5.74) is 0. The summed E-state index contributed by atoms with van der Waals surface area (Å²) in [4.78, 5) is 0. The summed E-state index contributed by atoms with van der Waals surface area (Å²) in [6.07, 6.45) is 8.69. The molecule has 0 amide bonds. The van der Waals surface area contributed by atoms with Crippen molar-refractivity contribution in [3.05, 3.63) is 0 Å². The zero-order valence-corrected chi connectivity index (χ0v) is 32.6. The molecular formula is C30H67F3O5Si4. The highest BCUT2D eigenvalue weighted by molar-refractivity contribution is 6.89. The lowest BCUT2D eigenvalue weighted by atomic mass is 10.1. The van der Waals surface area contributed by atoms with E-state index in [1.807, 2.05) is 33.5 Å². The Morgan fingerprint density at radius 2 is 0.905 bits per heavy atom. The molecule has 42 heavy (non-hydrogen) atoms. The van der Waals surface area contributed by atoms with Crippen LogP contribution in [0.15, 0.2) is 0 Å². The number of alkyl halides is 3. The van der Waals surface area contributed by atoms with Gasteiger partial charge in [-0.3, -0.25) is 0 Å². The van der Waals surface area contributed by atoms with Gasteiger partial charge in [0, 0.05) is 6.42 Å². The maximum absolute atomic E-state index is 13.0. The van der Waals surface area contributed by atoms with Crippen LogP contribution in [-0.4, -0.2) is 62.4 Å². The predicted molar refractivity (Wildman–Crippen MR) is 180 cm³/mol. The third-order valence-electron chi connectivity index (χ3n) is 7.62. The Morgan fingerprint density at radius 1 is 0.524 bits per heavy atom. The summed E-state index contributed by atoms with van der Waals surface area (Å²) in [6.45, 7) is 18.6. The van der Waals surface area contributed by atoms with Crippen LogP contribution in [0.1, 0.15) is 110 Å². The molecule has 2 N–H and O–H groups in total. The molecule has 0 spiro atoms. The molecule has 254 valence electrons. The van der Waals surface area contributed by atoms with Gasteiger partial charge >= 0.3 is 23.3 Å². The van der Waals surface area contributed by atoms with Crippen molar-refractivity contribution >= 4 is 33.8 Å². The van der Waals surface area contributed by atoms with Gasteiger partial charge in [0.15, 0.2) is 16.6 Å². The fourth-order valence-electron chi connectivity index (χ4n) is 5.84. The maximum Gasteiger partial charge on any atom is 0.389 e. The Balaban J connectivity index is 5.00. The molecular weight excluding hydrogens is 610 g/mol. The molecule has 0 bridgehead atoms. The molecule has 5 nitrogen and oxygen atoms in total. The summed E-state index contributed by atoms with van der Waals surface area (Å²) >= 11 is 0. The molecule has 0 aromatic rings. The standard InChI is InChI=1S/C30H67F3O5Si4/c1-28(34)22-17-13-10-11-15-19-25-39(3,4)36-41(7,8)38-42(9,27-21-24-30(31,32)33)37-40(5,6)26-20-16-12-14-18-23-29(2)35/h28-29,34-35H,10-27H2,1-9H3. The van der Waals surface area contributed by atoms with Gasteiger partial charge in [0.1, 0.15) is 0 Å². The van der Waals surface area contributed by atoms with Gasteiger partial charge in [0.05, 0.1) is 12.2 Å². The van der Waals surface area contributed by atoms with E-state index in [-0.39, 0.29) is 18.6 Å². The highest BCUT2D eigenvalue weighted by atomic mass is 28.5. The third kappa shape index (κ3) is 25.8. The molecule has 0 saturated heterocycles. The van der Waals surface area contributed by atoms with E-state index >= 15 is 0 Å². The minimum Gasteiger partial charge on any atom is -0.436 e. The van der Waals surface area contributed by atoms with Crippen molar-refractivity contribution in [2.24, 2.45) is 0 Å². The van der Waals surface area contributed by atoms with E-state index < -0.39 is 46.4 Å².